The lowest BCUT2D eigenvalue weighted by Gasteiger charge is -2.07. The summed E-state index contributed by atoms with van der Waals surface area (Å²) in [6.45, 7) is 2.49. The van der Waals surface area contributed by atoms with E-state index in [1.807, 2.05) is 25.1 Å². The van der Waals surface area contributed by atoms with Crippen LogP contribution in [0, 0.1) is 6.92 Å². The molecule has 0 saturated carbocycles. The number of benzene rings is 1. The van der Waals surface area contributed by atoms with E-state index in [9.17, 15) is 13.2 Å². The van der Waals surface area contributed by atoms with E-state index < -0.39 is 15.9 Å². The maximum atomic E-state index is 11.7. The van der Waals surface area contributed by atoms with Crippen LogP contribution in [0.1, 0.15) is 11.1 Å². The average molecular weight is 334 g/mol. The second kappa shape index (κ2) is 7.19. The molecule has 0 spiro atoms. The Morgan fingerprint density at radius 3 is 2.57 bits per heavy atom. The molecule has 7 nitrogen and oxygen atoms in total. The number of amides is 2. The minimum absolute atomic E-state index is 0.136. The van der Waals surface area contributed by atoms with Crippen LogP contribution in [0.15, 0.2) is 41.4 Å². The Kier molecular flexibility index (Phi) is 5.28. The van der Waals surface area contributed by atoms with Crippen molar-refractivity contribution in [1.82, 2.24) is 15.5 Å². The van der Waals surface area contributed by atoms with Crippen molar-refractivity contribution in [3.05, 3.63) is 47.5 Å². The monoisotopic (exact) mass is 334 g/mol. The number of nitrogens with zero attached hydrogens (tertiary/aromatic N) is 2. The zero-order valence-corrected chi connectivity index (χ0v) is 13.7. The van der Waals surface area contributed by atoms with Gasteiger partial charge in [0.05, 0.1) is 0 Å². The number of urea groups is 1. The van der Waals surface area contributed by atoms with Gasteiger partial charge in [-0.05, 0) is 31.0 Å². The van der Waals surface area contributed by atoms with Crippen molar-refractivity contribution < 1.29 is 13.2 Å². The molecular formula is C15H18N4O3S. The van der Waals surface area contributed by atoms with Crippen LogP contribution in [0.3, 0.4) is 0 Å². The van der Waals surface area contributed by atoms with Crippen LogP contribution in [0.5, 0.6) is 0 Å². The fraction of sp³-hybridized carbons (Fsp3) is 0.267. The van der Waals surface area contributed by atoms with Crippen molar-refractivity contribution in [3.63, 3.8) is 0 Å². The van der Waals surface area contributed by atoms with Gasteiger partial charge in [0, 0.05) is 12.8 Å². The topological polar surface area (TPSA) is 101 Å². The Hall–Kier alpha value is -2.48. The van der Waals surface area contributed by atoms with Crippen LogP contribution in [0.25, 0.3) is 0 Å². The summed E-state index contributed by atoms with van der Waals surface area (Å²) in [7, 11) is -3.40. The highest BCUT2D eigenvalue weighted by atomic mass is 32.2. The lowest BCUT2D eigenvalue weighted by Crippen LogP contribution is -2.30. The lowest BCUT2D eigenvalue weighted by molar-refractivity contribution is 0.252. The Labute approximate surface area is 135 Å². The zero-order valence-electron chi connectivity index (χ0n) is 12.9. The van der Waals surface area contributed by atoms with Gasteiger partial charge in [0.15, 0.2) is 20.7 Å². The Morgan fingerprint density at radius 2 is 1.96 bits per heavy atom. The molecule has 1 aromatic heterocycles. The van der Waals surface area contributed by atoms with Crippen molar-refractivity contribution >= 4 is 21.7 Å². The van der Waals surface area contributed by atoms with E-state index in [2.05, 4.69) is 26.9 Å². The van der Waals surface area contributed by atoms with E-state index in [-0.39, 0.29) is 10.8 Å². The van der Waals surface area contributed by atoms with Gasteiger partial charge in [0.25, 0.3) is 0 Å². The molecule has 1 aromatic carbocycles. The Bertz CT molecular complexity index is 789. The van der Waals surface area contributed by atoms with Crippen molar-refractivity contribution in [2.24, 2.45) is 0 Å². The molecule has 0 aliphatic rings. The van der Waals surface area contributed by atoms with E-state index in [1.54, 1.807) is 0 Å². The van der Waals surface area contributed by atoms with Crippen molar-refractivity contribution in [1.29, 1.82) is 0 Å². The number of aryl methyl sites for hydroxylation is 1. The van der Waals surface area contributed by atoms with Gasteiger partial charge in [-0.15, -0.1) is 10.2 Å². The molecule has 122 valence electrons. The molecule has 0 saturated heterocycles. The molecule has 8 heteroatoms. The third kappa shape index (κ3) is 5.33. The molecule has 23 heavy (non-hydrogen) atoms. The van der Waals surface area contributed by atoms with E-state index >= 15 is 0 Å². The highest BCUT2D eigenvalue weighted by Crippen LogP contribution is 2.07. The van der Waals surface area contributed by atoms with Crippen molar-refractivity contribution in [2.45, 2.75) is 18.4 Å². The molecule has 0 radical (unpaired) electrons. The first kappa shape index (κ1) is 16.9. The molecule has 0 aliphatic carbocycles. The predicted octanol–water partition coefficient (Wildman–Crippen LogP) is 1.55. The number of rotatable bonds is 5. The van der Waals surface area contributed by atoms with Crippen LogP contribution in [0.2, 0.25) is 0 Å². The first-order chi connectivity index (χ1) is 10.8. The molecule has 0 fully saturated rings. The highest BCUT2D eigenvalue weighted by molar-refractivity contribution is 7.90. The molecular weight excluding hydrogens is 316 g/mol. The van der Waals surface area contributed by atoms with E-state index in [0.717, 1.165) is 11.8 Å². The third-order valence-electron chi connectivity index (χ3n) is 3.04. The molecule has 2 amide bonds. The summed E-state index contributed by atoms with van der Waals surface area (Å²) < 4.78 is 22.5. The number of hydrogen-bond acceptors (Lipinski definition) is 5. The predicted molar refractivity (Wildman–Crippen MR) is 87.0 cm³/mol. The summed E-state index contributed by atoms with van der Waals surface area (Å²) >= 11 is 0. The quantitative estimate of drug-likeness (QED) is 0.864. The van der Waals surface area contributed by atoms with Crippen LogP contribution >= 0.6 is 0 Å². The summed E-state index contributed by atoms with van der Waals surface area (Å²) in [6.07, 6.45) is 1.76. The number of anilines is 1. The highest BCUT2D eigenvalue weighted by Gasteiger charge is 2.10. The van der Waals surface area contributed by atoms with Crippen molar-refractivity contribution in [2.75, 3.05) is 18.1 Å². The SMILES string of the molecule is Cc1cccc(CCNC(=O)Nc2ccc(S(C)(=O)=O)nn2)c1. The summed E-state index contributed by atoms with van der Waals surface area (Å²) in [5, 5.41) is 12.3. The van der Waals surface area contributed by atoms with Gasteiger partial charge in [-0.2, -0.15) is 0 Å². The first-order valence-electron chi connectivity index (χ1n) is 6.99. The van der Waals surface area contributed by atoms with Gasteiger partial charge in [0.2, 0.25) is 0 Å². The van der Waals surface area contributed by atoms with E-state index in [1.165, 1.54) is 17.7 Å². The fourth-order valence-electron chi connectivity index (χ4n) is 1.93. The first-order valence-corrected chi connectivity index (χ1v) is 8.88. The molecule has 0 bridgehead atoms. The minimum atomic E-state index is -3.40. The summed E-state index contributed by atoms with van der Waals surface area (Å²) in [4.78, 5) is 11.7. The zero-order chi connectivity index (χ0) is 16.9. The normalized spacial score (nSPS) is 11.0. The molecule has 0 atom stereocenters. The van der Waals surface area contributed by atoms with Gasteiger partial charge in [-0.25, -0.2) is 13.2 Å². The summed E-state index contributed by atoms with van der Waals surface area (Å²) in [5.41, 5.74) is 2.32. The number of aromatic nitrogens is 2. The second-order valence-corrected chi connectivity index (χ2v) is 7.11. The standard InChI is InChI=1S/C15H18N4O3S/c1-11-4-3-5-12(10-11)8-9-16-15(20)17-13-6-7-14(19-18-13)23(2,21)22/h3-7,10H,8-9H2,1-2H3,(H2,16,17,18,20). The smallest absolute Gasteiger partial charge is 0.320 e. The van der Waals surface area contributed by atoms with E-state index in [4.69, 9.17) is 0 Å². The number of carbonyl (C=O) groups is 1. The lowest BCUT2D eigenvalue weighted by atomic mass is 10.1. The number of sulfone groups is 1. The molecule has 2 rings (SSSR count). The molecule has 0 aliphatic heterocycles. The molecule has 1 heterocycles. The van der Waals surface area contributed by atoms with Crippen LogP contribution in [-0.4, -0.2) is 37.4 Å². The molecule has 2 aromatic rings. The summed E-state index contributed by atoms with van der Waals surface area (Å²) in [6, 6.07) is 10.3. The summed E-state index contributed by atoms with van der Waals surface area (Å²) in [5.74, 6) is 0.186. The minimum Gasteiger partial charge on any atom is -0.337 e. The van der Waals surface area contributed by atoms with Crippen LogP contribution in [0.4, 0.5) is 10.6 Å². The largest absolute Gasteiger partial charge is 0.337 e. The van der Waals surface area contributed by atoms with Gasteiger partial charge in [-0.3, -0.25) is 5.32 Å². The van der Waals surface area contributed by atoms with Gasteiger partial charge < -0.3 is 5.32 Å². The Balaban J connectivity index is 1.83. The third-order valence-corrected chi connectivity index (χ3v) is 4.02. The maximum absolute atomic E-state index is 11.7. The van der Waals surface area contributed by atoms with Crippen LogP contribution < -0.4 is 10.6 Å². The van der Waals surface area contributed by atoms with E-state index in [0.29, 0.717) is 13.0 Å². The van der Waals surface area contributed by atoms with Crippen molar-refractivity contribution in [3.8, 4) is 0 Å². The van der Waals surface area contributed by atoms with Gasteiger partial charge in [-0.1, -0.05) is 29.8 Å². The molecule has 2 N–H and O–H groups in total. The van der Waals surface area contributed by atoms with Crippen LogP contribution in [-0.2, 0) is 16.3 Å². The Morgan fingerprint density at radius 1 is 1.17 bits per heavy atom. The number of hydrogen-bond donors (Lipinski definition) is 2. The van der Waals surface area contributed by atoms with Gasteiger partial charge in [0.1, 0.15) is 0 Å². The fourth-order valence-corrected chi connectivity index (χ4v) is 2.44. The number of carbonyl (C=O) groups excluding carboxylic acids is 1. The average Bonchev–Trinajstić information content (AvgIpc) is 2.47. The van der Waals surface area contributed by atoms with Gasteiger partial charge >= 0.3 is 6.03 Å². The second-order valence-electron chi connectivity index (χ2n) is 5.15. The maximum Gasteiger partial charge on any atom is 0.320 e. The molecule has 0 unspecified atom stereocenters. The number of nitrogens with one attached hydrogen (secondary N) is 2.